The van der Waals surface area contributed by atoms with E-state index in [1.807, 2.05) is 13.8 Å². The Balaban J connectivity index is 2.12. The number of sulfonamides is 1. The molecule has 2 heterocycles. The lowest BCUT2D eigenvalue weighted by Gasteiger charge is -2.35. The first kappa shape index (κ1) is 18.5. The average Bonchev–Trinajstić information content (AvgIpc) is 2.96. The van der Waals surface area contributed by atoms with E-state index in [0.29, 0.717) is 13.1 Å². The number of piperazine rings is 1. The van der Waals surface area contributed by atoms with Crippen molar-refractivity contribution in [2.45, 2.75) is 25.2 Å². The Morgan fingerprint density at radius 3 is 2.29 bits per heavy atom. The molecule has 9 heteroatoms. The average molecular weight is 356 g/mol. The number of rotatable bonds is 5. The van der Waals surface area contributed by atoms with Crippen LogP contribution in [0.3, 0.4) is 0 Å². The highest BCUT2D eigenvalue weighted by Gasteiger charge is 2.32. The number of hydrogen-bond acceptors (Lipinski definition) is 4. The van der Waals surface area contributed by atoms with Crippen LogP contribution in [0.4, 0.5) is 0 Å². The molecule has 1 saturated heterocycles. The van der Waals surface area contributed by atoms with E-state index >= 15 is 0 Å². The van der Waals surface area contributed by atoms with Gasteiger partial charge in [-0.1, -0.05) is 13.8 Å². The Morgan fingerprint density at radius 1 is 1.25 bits per heavy atom. The van der Waals surface area contributed by atoms with Gasteiger partial charge in [0.15, 0.2) is 0 Å². The molecule has 0 aliphatic carbocycles. The monoisotopic (exact) mass is 356 g/mol. The predicted octanol–water partition coefficient (Wildman–Crippen LogP) is 0.00300. The predicted molar refractivity (Wildman–Crippen MR) is 88.7 cm³/mol. The first-order valence-electron chi connectivity index (χ1n) is 7.93. The third-order valence-corrected chi connectivity index (χ3v) is 6.32. The van der Waals surface area contributed by atoms with Crippen LogP contribution < -0.4 is 5.73 Å². The molecule has 24 heavy (non-hydrogen) atoms. The second-order valence-corrected chi connectivity index (χ2v) is 8.01. The van der Waals surface area contributed by atoms with E-state index in [4.69, 9.17) is 5.73 Å². The van der Waals surface area contributed by atoms with Crippen molar-refractivity contribution in [2.75, 3.05) is 26.2 Å². The van der Waals surface area contributed by atoms with Crippen molar-refractivity contribution < 1.29 is 18.0 Å². The molecular weight excluding hydrogens is 332 g/mol. The van der Waals surface area contributed by atoms with Gasteiger partial charge in [-0.3, -0.25) is 9.59 Å². The van der Waals surface area contributed by atoms with Gasteiger partial charge in [-0.25, -0.2) is 8.42 Å². The van der Waals surface area contributed by atoms with E-state index in [-0.39, 0.29) is 35.5 Å². The van der Waals surface area contributed by atoms with Crippen molar-refractivity contribution in [1.29, 1.82) is 0 Å². The molecular formula is C15H24N4O4S. The highest BCUT2D eigenvalue weighted by molar-refractivity contribution is 7.89. The lowest BCUT2D eigenvalue weighted by atomic mass is 10.1. The Bertz CT molecular complexity index is 733. The van der Waals surface area contributed by atoms with E-state index in [9.17, 15) is 18.0 Å². The second kappa shape index (κ2) is 6.94. The number of aryl methyl sites for hydroxylation is 1. The van der Waals surface area contributed by atoms with Gasteiger partial charge in [0.1, 0.15) is 10.6 Å². The summed E-state index contributed by atoms with van der Waals surface area (Å²) in [6.45, 7) is 5.06. The summed E-state index contributed by atoms with van der Waals surface area (Å²) in [6.07, 6.45) is 2.14. The zero-order valence-corrected chi connectivity index (χ0v) is 15.0. The summed E-state index contributed by atoms with van der Waals surface area (Å²) in [5.41, 5.74) is 5.37. The van der Waals surface area contributed by atoms with Crippen molar-refractivity contribution >= 4 is 21.8 Å². The SMILES string of the molecule is CCC(C)C(=O)N1CCN(S(=O)(=O)c2cc(C(N)=O)n(C)c2)CC1. The normalized spacial score (nSPS) is 17.7. The van der Waals surface area contributed by atoms with E-state index in [1.165, 1.54) is 21.1 Å². The van der Waals surface area contributed by atoms with E-state index < -0.39 is 15.9 Å². The van der Waals surface area contributed by atoms with Gasteiger partial charge in [0.25, 0.3) is 5.91 Å². The van der Waals surface area contributed by atoms with Crippen LogP contribution in [0, 0.1) is 5.92 Å². The molecule has 2 rings (SSSR count). The van der Waals surface area contributed by atoms with Crippen LogP contribution >= 0.6 is 0 Å². The minimum absolute atomic E-state index is 0.0421. The lowest BCUT2D eigenvalue weighted by molar-refractivity contribution is -0.136. The molecule has 1 aromatic heterocycles. The maximum atomic E-state index is 12.7. The third-order valence-electron chi connectivity index (χ3n) is 4.45. The molecule has 134 valence electrons. The highest BCUT2D eigenvalue weighted by atomic mass is 32.2. The van der Waals surface area contributed by atoms with Gasteiger partial charge >= 0.3 is 0 Å². The second-order valence-electron chi connectivity index (χ2n) is 6.07. The maximum Gasteiger partial charge on any atom is 0.265 e. The topological polar surface area (TPSA) is 106 Å². The summed E-state index contributed by atoms with van der Waals surface area (Å²) in [7, 11) is -2.13. The smallest absolute Gasteiger partial charge is 0.265 e. The molecule has 1 fully saturated rings. The molecule has 0 radical (unpaired) electrons. The molecule has 1 atom stereocenters. The van der Waals surface area contributed by atoms with Crippen LogP contribution in [0.25, 0.3) is 0 Å². The van der Waals surface area contributed by atoms with Crippen LogP contribution in [0.1, 0.15) is 30.8 Å². The van der Waals surface area contributed by atoms with E-state index in [1.54, 1.807) is 11.9 Å². The summed E-state index contributed by atoms with van der Waals surface area (Å²) in [5.74, 6) is -0.673. The van der Waals surface area contributed by atoms with Gasteiger partial charge in [0.05, 0.1) is 0 Å². The number of nitrogens with zero attached hydrogens (tertiary/aromatic N) is 3. The molecule has 2 N–H and O–H groups in total. The number of primary amides is 1. The van der Waals surface area contributed by atoms with E-state index in [0.717, 1.165) is 6.42 Å². The standard InChI is InChI=1S/C15H24N4O4S/c1-4-11(2)15(21)18-5-7-19(8-6-18)24(22,23)12-9-13(14(16)20)17(3)10-12/h9-11H,4-8H2,1-3H3,(H2,16,20). The number of amides is 2. The molecule has 0 spiro atoms. The summed E-state index contributed by atoms with van der Waals surface area (Å²) < 4.78 is 28.1. The van der Waals surface area contributed by atoms with Gasteiger partial charge in [-0.05, 0) is 12.5 Å². The Hall–Kier alpha value is -1.87. The fourth-order valence-electron chi connectivity index (χ4n) is 2.70. The van der Waals surface area contributed by atoms with Gasteiger partial charge in [0, 0.05) is 45.3 Å². The van der Waals surface area contributed by atoms with E-state index in [2.05, 4.69) is 0 Å². The first-order valence-corrected chi connectivity index (χ1v) is 9.37. The van der Waals surface area contributed by atoms with Crippen molar-refractivity contribution in [3.63, 3.8) is 0 Å². The highest BCUT2D eigenvalue weighted by Crippen LogP contribution is 2.20. The quantitative estimate of drug-likeness (QED) is 0.802. The molecule has 1 unspecified atom stereocenters. The van der Waals surface area contributed by atoms with Gasteiger partial charge < -0.3 is 15.2 Å². The molecule has 1 aliphatic rings. The van der Waals surface area contributed by atoms with Gasteiger partial charge in [0.2, 0.25) is 15.9 Å². The van der Waals surface area contributed by atoms with Gasteiger partial charge in [-0.15, -0.1) is 0 Å². The van der Waals surface area contributed by atoms with Gasteiger partial charge in [-0.2, -0.15) is 4.31 Å². The molecule has 0 bridgehead atoms. The summed E-state index contributed by atoms with van der Waals surface area (Å²) in [6, 6.07) is 1.29. The number of nitrogens with two attached hydrogens (primary N) is 1. The van der Waals surface area contributed by atoms with Crippen molar-refractivity contribution in [2.24, 2.45) is 18.7 Å². The molecule has 0 aromatic carbocycles. The fourth-order valence-corrected chi connectivity index (χ4v) is 4.20. The number of aromatic nitrogens is 1. The lowest BCUT2D eigenvalue weighted by Crippen LogP contribution is -2.51. The Labute approximate surface area is 142 Å². The summed E-state index contributed by atoms with van der Waals surface area (Å²) >= 11 is 0. The minimum atomic E-state index is -3.71. The Kier molecular flexibility index (Phi) is 5.34. The zero-order chi connectivity index (χ0) is 18.1. The number of hydrogen-bond donors (Lipinski definition) is 1. The van der Waals surface area contributed by atoms with Crippen molar-refractivity contribution in [3.8, 4) is 0 Å². The van der Waals surface area contributed by atoms with Crippen LogP contribution in [-0.2, 0) is 21.9 Å². The van der Waals surface area contributed by atoms with Crippen LogP contribution in [0.5, 0.6) is 0 Å². The Morgan fingerprint density at radius 2 is 1.83 bits per heavy atom. The third kappa shape index (κ3) is 3.46. The minimum Gasteiger partial charge on any atom is -0.364 e. The molecule has 1 aromatic rings. The van der Waals surface area contributed by atoms with Crippen LogP contribution in [0.2, 0.25) is 0 Å². The van der Waals surface area contributed by atoms with Crippen LogP contribution in [-0.4, -0.2) is 60.2 Å². The molecule has 8 nitrogen and oxygen atoms in total. The fraction of sp³-hybridized carbons (Fsp3) is 0.600. The number of carbonyl (C=O) groups is 2. The summed E-state index contributed by atoms with van der Waals surface area (Å²) in [4.78, 5) is 25.2. The van der Waals surface area contributed by atoms with Crippen molar-refractivity contribution in [1.82, 2.24) is 13.8 Å². The number of carbonyl (C=O) groups excluding carboxylic acids is 2. The molecule has 1 aliphatic heterocycles. The van der Waals surface area contributed by atoms with Crippen molar-refractivity contribution in [3.05, 3.63) is 18.0 Å². The first-order chi connectivity index (χ1) is 11.2. The largest absolute Gasteiger partial charge is 0.364 e. The molecule has 0 saturated carbocycles. The molecule has 2 amide bonds. The summed E-state index contributed by atoms with van der Waals surface area (Å²) in [5, 5.41) is 0. The maximum absolute atomic E-state index is 12.7. The zero-order valence-electron chi connectivity index (χ0n) is 14.2. The van der Waals surface area contributed by atoms with Crippen LogP contribution in [0.15, 0.2) is 17.2 Å².